The molecule has 0 heterocycles. The van der Waals surface area contributed by atoms with Gasteiger partial charge in [-0.25, -0.2) is 9.18 Å². The lowest BCUT2D eigenvalue weighted by Gasteiger charge is -2.10. The lowest BCUT2D eigenvalue weighted by atomic mass is 10.3. The van der Waals surface area contributed by atoms with Gasteiger partial charge >= 0.3 is 12.0 Å². The summed E-state index contributed by atoms with van der Waals surface area (Å²) in [6.07, 6.45) is 0. The molecule has 1 rings (SSSR count). The van der Waals surface area contributed by atoms with Crippen molar-refractivity contribution in [3.05, 3.63) is 30.1 Å². The van der Waals surface area contributed by atoms with E-state index in [1.165, 1.54) is 31.2 Å². The minimum atomic E-state index is -1.13. The molecule has 3 N–H and O–H groups in total. The monoisotopic (exact) mass is 226 g/mol. The van der Waals surface area contributed by atoms with Crippen LogP contribution in [-0.2, 0) is 4.79 Å². The van der Waals surface area contributed by atoms with Gasteiger partial charge in [-0.15, -0.1) is 0 Å². The Bertz CT molecular complexity index is 392. The summed E-state index contributed by atoms with van der Waals surface area (Å²) >= 11 is 0. The number of nitrogens with one attached hydrogen (secondary N) is 2. The molecule has 0 saturated heterocycles. The average molecular weight is 226 g/mol. The molecule has 2 amide bonds. The number of carbonyl (C=O) groups excluding carboxylic acids is 1. The Morgan fingerprint density at radius 3 is 2.38 bits per heavy atom. The second-order valence-corrected chi connectivity index (χ2v) is 3.17. The van der Waals surface area contributed by atoms with E-state index in [-0.39, 0.29) is 0 Å². The quantitative estimate of drug-likeness (QED) is 0.729. The van der Waals surface area contributed by atoms with Crippen LogP contribution in [0, 0.1) is 5.82 Å². The Hall–Kier alpha value is -2.11. The molecule has 86 valence electrons. The van der Waals surface area contributed by atoms with Crippen LogP contribution in [0.3, 0.4) is 0 Å². The van der Waals surface area contributed by atoms with Gasteiger partial charge in [0.15, 0.2) is 0 Å². The van der Waals surface area contributed by atoms with Gasteiger partial charge in [-0.05, 0) is 31.2 Å². The van der Waals surface area contributed by atoms with Crippen LogP contribution in [0.25, 0.3) is 0 Å². The molecule has 0 aliphatic heterocycles. The van der Waals surface area contributed by atoms with Gasteiger partial charge < -0.3 is 15.7 Å². The van der Waals surface area contributed by atoms with E-state index in [4.69, 9.17) is 5.11 Å². The van der Waals surface area contributed by atoms with Crippen LogP contribution in [0.1, 0.15) is 6.92 Å². The van der Waals surface area contributed by atoms with Crippen LogP contribution in [-0.4, -0.2) is 23.1 Å². The van der Waals surface area contributed by atoms with Gasteiger partial charge in [0.1, 0.15) is 11.9 Å². The van der Waals surface area contributed by atoms with Crippen molar-refractivity contribution >= 4 is 17.7 Å². The van der Waals surface area contributed by atoms with E-state index < -0.39 is 23.9 Å². The van der Waals surface area contributed by atoms with Crippen molar-refractivity contribution < 1.29 is 19.1 Å². The van der Waals surface area contributed by atoms with Crippen molar-refractivity contribution in [2.24, 2.45) is 0 Å². The number of urea groups is 1. The lowest BCUT2D eigenvalue weighted by molar-refractivity contribution is -0.138. The molecule has 0 bridgehead atoms. The molecule has 0 unspecified atom stereocenters. The molecule has 1 atom stereocenters. The predicted octanol–water partition coefficient (Wildman–Crippen LogP) is 1.42. The zero-order valence-corrected chi connectivity index (χ0v) is 8.53. The number of carbonyl (C=O) groups is 2. The molecule has 0 fully saturated rings. The van der Waals surface area contributed by atoms with Crippen molar-refractivity contribution in [1.29, 1.82) is 0 Å². The molecule has 0 saturated carbocycles. The summed E-state index contributed by atoms with van der Waals surface area (Å²) < 4.78 is 12.5. The predicted molar refractivity (Wildman–Crippen MR) is 55.7 cm³/mol. The Labute approximate surface area is 91.3 Å². The Morgan fingerprint density at radius 2 is 1.88 bits per heavy atom. The molecule has 1 aromatic rings. The van der Waals surface area contributed by atoms with Crippen molar-refractivity contribution in [2.75, 3.05) is 5.32 Å². The maximum absolute atomic E-state index is 12.5. The lowest BCUT2D eigenvalue weighted by Crippen LogP contribution is -2.40. The van der Waals surface area contributed by atoms with Crippen LogP contribution in [0.2, 0.25) is 0 Å². The standard InChI is InChI=1S/C10H11FN2O3/c1-6(9(14)15)12-10(16)13-8-4-2-7(11)3-5-8/h2-6H,1H3,(H,14,15)(H2,12,13,16)/t6-/m0/s1. The third kappa shape index (κ3) is 3.56. The zero-order valence-electron chi connectivity index (χ0n) is 8.53. The van der Waals surface area contributed by atoms with E-state index >= 15 is 0 Å². The van der Waals surface area contributed by atoms with Crippen LogP contribution in [0.4, 0.5) is 14.9 Å². The van der Waals surface area contributed by atoms with Crippen molar-refractivity contribution in [1.82, 2.24) is 5.32 Å². The summed E-state index contributed by atoms with van der Waals surface area (Å²) in [4.78, 5) is 21.7. The summed E-state index contributed by atoms with van der Waals surface area (Å²) in [5.41, 5.74) is 0.386. The van der Waals surface area contributed by atoms with E-state index in [9.17, 15) is 14.0 Å². The third-order valence-electron chi connectivity index (χ3n) is 1.82. The average Bonchev–Trinajstić information content (AvgIpc) is 2.21. The Morgan fingerprint density at radius 1 is 1.31 bits per heavy atom. The summed E-state index contributed by atoms with van der Waals surface area (Å²) in [5.74, 6) is -1.54. The first-order valence-corrected chi connectivity index (χ1v) is 4.55. The van der Waals surface area contributed by atoms with Crippen LogP contribution in [0.15, 0.2) is 24.3 Å². The molecule has 0 aliphatic carbocycles. The second kappa shape index (κ2) is 5.11. The molecule has 1 aromatic carbocycles. The maximum Gasteiger partial charge on any atom is 0.325 e. The number of benzene rings is 1. The number of hydrogen-bond acceptors (Lipinski definition) is 2. The summed E-state index contributed by atoms with van der Waals surface area (Å²) in [6, 6.07) is 3.50. The third-order valence-corrected chi connectivity index (χ3v) is 1.82. The van der Waals surface area contributed by atoms with Gasteiger partial charge in [-0.3, -0.25) is 4.79 Å². The molecule has 0 aliphatic rings. The fraction of sp³-hybridized carbons (Fsp3) is 0.200. The molecule has 0 spiro atoms. The van der Waals surface area contributed by atoms with E-state index in [0.717, 1.165) is 0 Å². The number of aliphatic carboxylic acids is 1. The molecule has 5 nitrogen and oxygen atoms in total. The second-order valence-electron chi connectivity index (χ2n) is 3.17. The van der Waals surface area contributed by atoms with Gasteiger partial charge in [0.25, 0.3) is 0 Å². The van der Waals surface area contributed by atoms with Gasteiger partial charge in [-0.2, -0.15) is 0 Å². The van der Waals surface area contributed by atoms with E-state index in [1.54, 1.807) is 0 Å². The minimum Gasteiger partial charge on any atom is -0.480 e. The van der Waals surface area contributed by atoms with Crippen molar-refractivity contribution in [3.63, 3.8) is 0 Å². The number of amides is 2. The first-order chi connectivity index (χ1) is 7.49. The number of carboxylic acid groups (broad SMARTS) is 1. The molecular formula is C10H11FN2O3. The molecular weight excluding hydrogens is 215 g/mol. The summed E-state index contributed by atoms with van der Waals surface area (Å²) in [5, 5.41) is 13.1. The number of anilines is 1. The van der Waals surface area contributed by atoms with Crippen LogP contribution < -0.4 is 10.6 Å². The van der Waals surface area contributed by atoms with E-state index in [0.29, 0.717) is 5.69 Å². The topological polar surface area (TPSA) is 78.4 Å². The first-order valence-electron chi connectivity index (χ1n) is 4.55. The Kier molecular flexibility index (Phi) is 3.82. The number of rotatable bonds is 3. The Balaban J connectivity index is 2.52. The fourth-order valence-corrected chi connectivity index (χ4v) is 0.959. The SMILES string of the molecule is C[C@H](NC(=O)Nc1ccc(F)cc1)C(=O)O. The highest BCUT2D eigenvalue weighted by Crippen LogP contribution is 2.07. The highest BCUT2D eigenvalue weighted by Gasteiger charge is 2.13. The number of halogens is 1. The highest BCUT2D eigenvalue weighted by molar-refractivity contribution is 5.92. The maximum atomic E-state index is 12.5. The van der Waals surface area contributed by atoms with Gasteiger partial charge in [0.05, 0.1) is 0 Å². The first kappa shape index (κ1) is 12.0. The van der Waals surface area contributed by atoms with Crippen molar-refractivity contribution in [2.45, 2.75) is 13.0 Å². The normalized spacial score (nSPS) is 11.6. The smallest absolute Gasteiger partial charge is 0.325 e. The van der Waals surface area contributed by atoms with Gasteiger partial charge in [0.2, 0.25) is 0 Å². The van der Waals surface area contributed by atoms with Crippen LogP contribution >= 0.6 is 0 Å². The van der Waals surface area contributed by atoms with E-state index in [1.807, 2.05) is 0 Å². The van der Waals surface area contributed by atoms with Crippen molar-refractivity contribution in [3.8, 4) is 0 Å². The van der Waals surface area contributed by atoms with E-state index in [2.05, 4.69) is 10.6 Å². The van der Waals surface area contributed by atoms with Crippen LogP contribution in [0.5, 0.6) is 0 Å². The fourth-order valence-electron chi connectivity index (χ4n) is 0.959. The molecule has 0 aromatic heterocycles. The molecule has 0 radical (unpaired) electrons. The summed E-state index contributed by atoms with van der Waals surface area (Å²) in [6.45, 7) is 1.34. The summed E-state index contributed by atoms with van der Waals surface area (Å²) in [7, 11) is 0. The largest absolute Gasteiger partial charge is 0.480 e. The number of carboxylic acids is 1. The van der Waals surface area contributed by atoms with Gasteiger partial charge in [-0.1, -0.05) is 0 Å². The minimum absolute atomic E-state index is 0.386. The number of hydrogen-bond donors (Lipinski definition) is 3. The molecule has 6 heteroatoms. The highest BCUT2D eigenvalue weighted by atomic mass is 19.1. The molecule has 16 heavy (non-hydrogen) atoms. The zero-order chi connectivity index (χ0) is 12.1. The van der Waals surface area contributed by atoms with Gasteiger partial charge in [0, 0.05) is 5.69 Å².